The largest absolute Gasteiger partial charge is 0.508 e. The molecule has 0 saturated heterocycles. The number of nitro benzene ring substituents is 1. The zero-order valence-corrected chi connectivity index (χ0v) is 9.61. The molecule has 2 N–H and O–H groups in total. The fraction of sp³-hybridized carbons (Fsp3) is 0. The van der Waals surface area contributed by atoms with Crippen molar-refractivity contribution in [3.63, 3.8) is 0 Å². The summed E-state index contributed by atoms with van der Waals surface area (Å²) in [6.07, 6.45) is 0. The third-order valence-electron chi connectivity index (χ3n) is 2.62. The lowest BCUT2D eigenvalue weighted by Crippen LogP contribution is -2.00. The minimum absolute atomic E-state index is 0.0312. The monoisotopic (exact) mass is 259 g/mol. The first-order chi connectivity index (χ1) is 8.99. The van der Waals surface area contributed by atoms with E-state index >= 15 is 0 Å². The van der Waals surface area contributed by atoms with E-state index in [1.165, 1.54) is 36.4 Å². The molecule has 0 aliphatic rings. The number of nitrogens with zero attached hydrogens (tertiary/aromatic N) is 1. The van der Waals surface area contributed by atoms with Crippen molar-refractivity contribution in [2.45, 2.75) is 0 Å². The van der Waals surface area contributed by atoms with Crippen molar-refractivity contribution in [3.05, 3.63) is 58.1 Å². The van der Waals surface area contributed by atoms with Crippen LogP contribution in [-0.4, -0.2) is 21.1 Å². The van der Waals surface area contributed by atoms with Crippen LogP contribution in [0.3, 0.4) is 0 Å². The molecule has 0 fully saturated rings. The molecule has 19 heavy (non-hydrogen) atoms. The van der Waals surface area contributed by atoms with Gasteiger partial charge in [-0.15, -0.1) is 0 Å². The van der Waals surface area contributed by atoms with Gasteiger partial charge in [0, 0.05) is 17.7 Å². The highest BCUT2D eigenvalue weighted by atomic mass is 16.6. The number of phenolic OH excluding ortho intramolecular Hbond substituents is 1. The maximum absolute atomic E-state index is 11.1. The predicted molar refractivity (Wildman–Crippen MR) is 67.2 cm³/mol. The zero-order valence-electron chi connectivity index (χ0n) is 9.61. The second-order valence-corrected chi connectivity index (χ2v) is 3.84. The molecule has 0 aromatic heterocycles. The van der Waals surface area contributed by atoms with Crippen LogP contribution in [0.2, 0.25) is 0 Å². The first-order valence-electron chi connectivity index (χ1n) is 5.30. The number of benzene rings is 2. The second-order valence-electron chi connectivity index (χ2n) is 3.84. The number of carboxylic acid groups (broad SMARTS) is 1. The SMILES string of the molecule is O=C(O)c1ccc([N+](=O)[O-])cc1-c1ccc(O)cc1. The van der Waals surface area contributed by atoms with Gasteiger partial charge in [-0.3, -0.25) is 10.1 Å². The molecular weight excluding hydrogens is 250 g/mol. The zero-order chi connectivity index (χ0) is 14.0. The summed E-state index contributed by atoms with van der Waals surface area (Å²) in [6, 6.07) is 9.33. The van der Waals surface area contributed by atoms with Crippen molar-refractivity contribution in [2.24, 2.45) is 0 Å². The van der Waals surface area contributed by atoms with Gasteiger partial charge in [-0.25, -0.2) is 4.79 Å². The summed E-state index contributed by atoms with van der Waals surface area (Å²) in [6.45, 7) is 0. The van der Waals surface area contributed by atoms with Crippen molar-refractivity contribution in [1.82, 2.24) is 0 Å². The fourth-order valence-corrected chi connectivity index (χ4v) is 1.71. The topological polar surface area (TPSA) is 101 Å². The summed E-state index contributed by atoms with van der Waals surface area (Å²) in [4.78, 5) is 21.3. The van der Waals surface area contributed by atoms with E-state index < -0.39 is 10.9 Å². The number of non-ortho nitro benzene ring substituents is 1. The summed E-state index contributed by atoms with van der Waals surface area (Å²) < 4.78 is 0. The summed E-state index contributed by atoms with van der Waals surface area (Å²) in [7, 11) is 0. The number of aromatic carboxylic acids is 1. The van der Waals surface area contributed by atoms with Gasteiger partial charge in [-0.05, 0) is 23.8 Å². The van der Waals surface area contributed by atoms with Crippen LogP contribution < -0.4 is 0 Å². The van der Waals surface area contributed by atoms with Crippen LogP contribution in [0.5, 0.6) is 5.75 Å². The molecule has 6 heteroatoms. The predicted octanol–water partition coefficient (Wildman–Crippen LogP) is 2.67. The Morgan fingerprint density at radius 2 is 1.74 bits per heavy atom. The van der Waals surface area contributed by atoms with Gasteiger partial charge in [0.1, 0.15) is 5.75 Å². The second kappa shape index (κ2) is 4.77. The number of hydrogen-bond donors (Lipinski definition) is 2. The van der Waals surface area contributed by atoms with Crippen LogP contribution in [-0.2, 0) is 0 Å². The standard InChI is InChI=1S/C13H9NO5/c15-10-4-1-8(2-5-10)12-7-9(14(18)19)3-6-11(12)13(16)17/h1-7,15H,(H,16,17). The van der Waals surface area contributed by atoms with Gasteiger partial charge < -0.3 is 10.2 Å². The van der Waals surface area contributed by atoms with E-state index in [1.807, 2.05) is 0 Å². The Bertz CT molecular complexity index is 649. The molecule has 2 rings (SSSR count). The van der Waals surface area contributed by atoms with Crippen molar-refractivity contribution >= 4 is 11.7 Å². The molecule has 0 aliphatic carbocycles. The van der Waals surface area contributed by atoms with Gasteiger partial charge >= 0.3 is 5.97 Å². The van der Waals surface area contributed by atoms with Crippen LogP contribution in [0.1, 0.15) is 10.4 Å². The average Bonchev–Trinajstić information content (AvgIpc) is 2.38. The number of aromatic hydroxyl groups is 1. The van der Waals surface area contributed by atoms with Crippen LogP contribution in [0.15, 0.2) is 42.5 Å². The van der Waals surface area contributed by atoms with E-state index in [2.05, 4.69) is 0 Å². The van der Waals surface area contributed by atoms with Crippen molar-refractivity contribution in [2.75, 3.05) is 0 Å². The van der Waals surface area contributed by atoms with Crippen LogP contribution in [0.25, 0.3) is 11.1 Å². The Labute approximate surface area is 107 Å². The molecular formula is C13H9NO5. The van der Waals surface area contributed by atoms with Gasteiger partial charge in [0.15, 0.2) is 0 Å². The van der Waals surface area contributed by atoms with Crippen molar-refractivity contribution in [1.29, 1.82) is 0 Å². The molecule has 6 nitrogen and oxygen atoms in total. The molecule has 0 spiro atoms. The highest BCUT2D eigenvalue weighted by molar-refractivity contribution is 5.96. The minimum Gasteiger partial charge on any atom is -0.508 e. The molecule has 0 aliphatic heterocycles. The lowest BCUT2D eigenvalue weighted by molar-refractivity contribution is -0.384. The van der Waals surface area contributed by atoms with E-state index in [0.717, 1.165) is 6.07 Å². The number of hydrogen-bond acceptors (Lipinski definition) is 4. The summed E-state index contributed by atoms with van der Waals surface area (Å²) in [5.74, 6) is -1.14. The van der Waals surface area contributed by atoms with E-state index in [-0.39, 0.29) is 22.6 Å². The van der Waals surface area contributed by atoms with Crippen LogP contribution >= 0.6 is 0 Å². The molecule has 96 valence electrons. The Morgan fingerprint density at radius 1 is 1.11 bits per heavy atom. The molecule has 0 saturated carbocycles. The Kier molecular flexibility index (Phi) is 3.15. The molecule has 0 unspecified atom stereocenters. The molecule has 0 amide bonds. The van der Waals surface area contributed by atoms with Crippen LogP contribution in [0, 0.1) is 10.1 Å². The maximum atomic E-state index is 11.1. The maximum Gasteiger partial charge on any atom is 0.336 e. The van der Waals surface area contributed by atoms with E-state index in [4.69, 9.17) is 5.11 Å². The minimum atomic E-state index is -1.17. The third kappa shape index (κ3) is 2.52. The molecule has 0 radical (unpaired) electrons. The number of carboxylic acids is 1. The van der Waals surface area contributed by atoms with E-state index in [0.29, 0.717) is 5.56 Å². The van der Waals surface area contributed by atoms with Gasteiger partial charge in [-0.2, -0.15) is 0 Å². The number of phenols is 1. The molecule has 0 heterocycles. The molecule has 2 aromatic carbocycles. The highest BCUT2D eigenvalue weighted by Gasteiger charge is 2.16. The summed E-state index contributed by atoms with van der Waals surface area (Å²) >= 11 is 0. The van der Waals surface area contributed by atoms with Gasteiger partial charge in [0.2, 0.25) is 0 Å². The van der Waals surface area contributed by atoms with Crippen molar-refractivity contribution in [3.8, 4) is 16.9 Å². The van der Waals surface area contributed by atoms with E-state index in [1.54, 1.807) is 0 Å². The quantitative estimate of drug-likeness (QED) is 0.651. The number of nitro groups is 1. The Morgan fingerprint density at radius 3 is 2.26 bits per heavy atom. The van der Waals surface area contributed by atoms with Crippen LogP contribution in [0.4, 0.5) is 5.69 Å². The van der Waals surface area contributed by atoms with Gasteiger partial charge in [0.25, 0.3) is 5.69 Å². The lowest BCUT2D eigenvalue weighted by Gasteiger charge is -2.06. The first kappa shape index (κ1) is 12.6. The third-order valence-corrected chi connectivity index (χ3v) is 2.62. The number of carbonyl (C=O) groups is 1. The normalized spacial score (nSPS) is 10.1. The van der Waals surface area contributed by atoms with Gasteiger partial charge in [-0.1, -0.05) is 12.1 Å². The summed E-state index contributed by atoms with van der Waals surface area (Å²) in [5, 5.41) is 29.0. The Hall–Kier alpha value is -2.89. The Balaban J connectivity index is 2.64. The lowest BCUT2D eigenvalue weighted by atomic mass is 9.99. The fourth-order valence-electron chi connectivity index (χ4n) is 1.71. The average molecular weight is 259 g/mol. The smallest absolute Gasteiger partial charge is 0.336 e. The molecule has 0 bridgehead atoms. The molecule has 2 aromatic rings. The first-order valence-corrected chi connectivity index (χ1v) is 5.30. The van der Waals surface area contributed by atoms with Crippen molar-refractivity contribution < 1.29 is 19.9 Å². The summed E-state index contributed by atoms with van der Waals surface area (Å²) in [5.41, 5.74) is 0.505. The van der Waals surface area contributed by atoms with Gasteiger partial charge in [0.05, 0.1) is 10.5 Å². The van der Waals surface area contributed by atoms with E-state index in [9.17, 15) is 20.0 Å². The number of rotatable bonds is 3. The molecule has 0 atom stereocenters. The highest BCUT2D eigenvalue weighted by Crippen LogP contribution is 2.29.